The summed E-state index contributed by atoms with van der Waals surface area (Å²) in [5.41, 5.74) is 8.62. The normalized spacial score (nSPS) is 20.7. The van der Waals surface area contributed by atoms with Gasteiger partial charge in [-0.05, 0) is 35.8 Å². The number of nitrogens with zero attached hydrogens (tertiary/aromatic N) is 4. The van der Waals surface area contributed by atoms with Crippen LogP contribution >= 0.6 is 46.3 Å². The van der Waals surface area contributed by atoms with E-state index in [1.54, 1.807) is 23.1 Å². The van der Waals surface area contributed by atoms with Crippen LogP contribution in [-0.2, 0) is 4.79 Å². The molecule has 31 heavy (non-hydrogen) atoms. The van der Waals surface area contributed by atoms with Gasteiger partial charge in [0.25, 0.3) is 0 Å². The van der Waals surface area contributed by atoms with Crippen LogP contribution in [0.1, 0.15) is 38.2 Å². The summed E-state index contributed by atoms with van der Waals surface area (Å²) < 4.78 is 0.775. The lowest BCUT2D eigenvalue weighted by molar-refractivity contribution is -0.118. The van der Waals surface area contributed by atoms with Crippen molar-refractivity contribution >= 4 is 57.2 Å². The summed E-state index contributed by atoms with van der Waals surface area (Å²) in [4.78, 5) is 15.2. The number of halogens is 2. The number of benzene rings is 1. The van der Waals surface area contributed by atoms with Crippen LogP contribution in [0.25, 0.3) is 0 Å². The van der Waals surface area contributed by atoms with Crippen LogP contribution in [0.5, 0.6) is 0 Å². The Morgan fingerprint density at radius 1 is 1.29 bits per heavy atom. The number of anilines is 1. The average molecular weight is 492 g/mol. The fourth-order valence-electron chi connectivity index (χ4n) is 4.13. The fourth-order valence-corrected chi connectivity index (χ4v) is 5.73. The van der Waals surface area contributed by atoms with Gasteiger partial charge in [-0.3, -0.25) is 9.69 Å². The number of hydrogen-bond donors (Lipinski definition) is 1. The van der Waals surface area contributed by atoms with Crippen molar-refractivity contribution in [2.24, 2.45) is 11.1 Å². The van der Waals surface area contributed by atoms with Crippen LogP contribution < -0.4 is 10.6 Å². The van der Waals surface area contributed by atoms with E-state index in [0.29, 0.717) is 39.2 Å². The molecule has 6 nitrogen and oxygen atoms in total. The maximum absolute atomic E-state index is 13.4. The monoisotopic (exact) mass is 491 g/mol. The molecule has 1 unspecified atom stereocenters. The number of Topliss-reactive ketones (excluding diaryl/α,β-unsaturated/α-hetero) is 1. The van der Waals surface area contributed by atoms with Crippen molar-refractivity contribution in [3.05, 3.63) is 56.5 Å². The van der Waals surface area contributed by atoms with Crippen LogP contribution in [0, 0.1) is 16.7 Å². The van der Waals surface area contributed by atoms with Crippen molar-refractivity contribution in [2.75, 3.05) is 11.2 Å². The third kappa shape index (κ3) is 3.85. The minimum atomic E-state index is -0.609. The van der Waals surface area contributed by atoms with Gasteiger partial charge < -0.3 is 5.73 Å². The second kappa shape index (κ2) is 8.14. The molecule has 1 atom stereocenters. The Hall–Kier alpha value is -2.05. The van der Waals surface area contributed by atoms with Gasteiger partial charge in [0.15, 0.2) is 10.1 Å². The zero-order valence-electron chi connectivity index (χ0n) is 17.1. The van der Waals surface area contributed by atoms with Gasteiger partial charge >= 0.3 is 0 Å². The number of hydrogen-bond acceptors (Lipinski definition) is 8. The van der Waals surface area contributed by atoms with E-state index in [2.05, 4.69) is 16.3 Å². The molecule has 0 radical (unpaired) electrons. The molecule has 0 fully saturated rings. The Kier molecular flexibility index (Phi) is 5.81. The highest BCUT2D eigenvalue weighted by molar-refractivity contribution is 8.00. The summed E-state index contributed by atoms with van der Waals surface area (Å²) in [6.07, 6.45) is 2.90. The first-order chi connectivity index (χ1) is 14.7. The first-order valence-electron chi connectivity index (χ1n) is 9.45. The molecular weight excluding hydrogens is 473 g/mol. The molecule has 10 heteroatoms. The molecular formula is C21H19Cl2N5OS2. The Bertz CT molecular complexity index is 1190. The third-order valence-electron chi connectivity index (χ3n) is 5.42. The van der Waals surface area contributed by atoms with E-state index in [1.807, 2.05) is 20.1 Å². The van der Waals surface area contributed by atoms with Crippen molar-refractivity contribution in [1.82, 2.24) is 10.2 Å². The van der Waals surface area contributed by atoms with E-state index >= 15 is 0 Å². The van der Waals surface area contributed by atoms with Crippen LogP contribution in [-0.4, -0.2) is 22.2 Å². The molecule has 4 rings (SSSR count). The smallest absolute Gasteiger partial charge is 0.219 e. The average Bonchev–Trinajstić information content (AvgIpc) is 3.17. The predicted molar refractivity (Wildman–Crippen MR) is 125 cm³/mol. The summed E-state index contributed by atoms with van der Waals surface area (Å²) in [7, 11) is 0. The first kappa shape index (κ1) is 22.2. The number of carbonyl (C=O) groups excluding carboxylic acids is 1. The lowest BCUT2D eigenvalue weighted by atomic mass is 9.69. The highest BCUT2D eigenvalue weighted by Gasteiger charge is 2.45. The highest BCUT2D eigenvalue weighted by atomic mass is 35.5. The molecule has 2 aromatic rings. The van der Waals surface area contributed by atoms with E-state index < -0.39 is 5.92 Å². The molecule has 0 spiro atoms. The molecule has 1 aromatic carbocycles. The Labute approximate surface area is 198 Å². The molecule has 0 saturated carbocycles. The lowest BCUT2D eigenvalue weighted by Gasteiger charge is -2.42. The zero-order chi connectivity index (χ0) is 22.5. The van der Waals surface area contributed by atoms with Crippen LogP contribution in [0.3, 0.4) is 0 Å². The van der Waals surface area contributed by atoms with E-state index in [4.69, 9.17) is 28.9 Å². The minimum Gasteiger partial charge on any atom is -0.384 e. The third-order valence-corrected chi connectivity index (χ3v) is 8.04. The zero-order valence-corrected chi connectivity index (χ0v) is 20.2. The Morgan fingerprint density at radius 2 is 2.03 bits per heavy atom. The molecule has 1 aliphatic heterocycles. The number of thioether (sulfide) groups is 1. The standard InChI is InChI=1S/C21H19Cl2N5OS2/c1-21(2)7-14-17(15(29)8-21)16(10-4-5-12(22)13(23)6-10)11(9-24)18(25)28(14)19-26-27-20(30-3)31-19/h4-6,16H,7-8,25H2,1-3H3. The molecule has 160 valence electrons. The number of nitrogens with two attached hydrogens (primary N) is 1. The second-order valence-electron chi connectivity index (χ2n) is 8.21. The molecule has 1 aromatic heterocycles. The van der Waals surface area contributed by atoms with E-state index in [9.17, 15) is 10.1 Å². The SMILES string of the molecule is CSc1nnc(N2C(N)=C(C#N)C(c3ccc(Cl)c(Cl)c3)C3=C2CC(C)(C)CC3=O)s1. The quantitative estimate of drug-likeness (QED) is 0.565. The van der Waals surface area contributed by atoms with Crippen LogP contribution in [0.15, 0.2) is 45.2 Å². The van der Waals surface area contributed by atoms with Crippen molar-refractivity contribution in [2.45, 2.75) is 36.9 Å². The maximum atomic E-state index is 13.4. The summed E-state index contributed by atoms with van der Waals surface area (Å²) >= 11 is 15.2. The highest BCUT2D eigenvalue weighted by Crippen LogP contribution is 2.51. The van der Waals surface area contributed by atoms with Gasteiger partial charge in [0, 0.05) is 17.7 Å². The number of ketones is 1. The fraction of sp³-hybridized carbons (Fsp3) is 0.333. The Balaban J connectivity index is 1.99. The van der Waals surface area contributed by atoms with Crippen LogP contribution in [0.2, 0.25) is 10.0 Å². The minimum absolute atomic E-state index is 0.0119. The number of allylic oxidation sites excluding steroid dienone is 3. The lowest BCUT2D eigenvalue weighted by Crippen LogP contribution is -2.42. The molecule has 2 aliphatic rings. The maximum Gasteiger partial charge on any atom is 0.219 e. The Morgan fingerprint density at radius 3 is 2.65 bits per heavy atom. The summed E-state index contributed by atoms with van der Waals surface area (Å²) in [6, 6.07) is 7.39. The summed E-state index contributed by atoms with van der Waals surface area (Å²) in [5, 5.41) is 19.8. The van der Waals surface area contributed by atoms with Crippen molar-refractivity contribution in [3.63, 3.8) is 0 Å². The predicted octanol–water partition coefficient (Wildman–Crippen LogP) is 5.51. The molecule has 1 aliphatic carbocycles. The summed E-state index contributed by atoms with van der Waals surface area (Å²) in [6.45, 7) is 4.10. The molecule has 0 saturated heterocycles. The van der Waals surface area contributed by atoms with Gasteiger partial charge in [-0.15, -0.1) is 10.2 Å². The largest absolute Gasteiger partial charge is 0.384 e. The van der Waals surface area contributed by atoms with Gasteiger partial charge in [-0.1, -0.05) is 66.2 Å². The molecule has 0 amide bonds. The molecule has 0 bridgehead atoms. The molecule has 2 N–H and O–H groups in total. The van der Waals surface area contributed by atoms with E-state index in [1.165, 1.54) is 23.1 Å². The van der Waals surface area contributed by atoms with Gasteiger partial charge in [0.2, 0.25) is 5.13 Å². The number of aromatic nitrogens is 2. The van der Waals surface area contributed by atoms with Crippen LogP contribution in [0.4, 0.5) is 5.13 Å². The van der Waals surface area contributed by atoms with E-state index in [-0.39, 0.29) is 22.6 Å². The van der Waals surface area contributed by atoms with Gasteiger partial charge in [-0.25, -0.2) is 0 Å². The van der Waals surface area contributed by atoms with Crippen molar-refractivity contribution in [1.29, 1.82) is 5.26 Å². The first-order valence-corrected chi connectivity index (χ1v) is 12.2. The number of rotatable bonds is 3. The van der Waals surface area contributed by atoms with Gasteiger partial charge in [-0.2, -0.15) is 5.26 Å². The van der Waals surface area contributed by atoms with Crippen molar-refractivity contribution in [3.8, 4) is 6.07 Å². The van der Waals surface area contributed by atoms with E-state index in [0.717, 1.165) is 10.0 Å². The van der Waals surface area contributed by atoms with Crippen molar-refractivity contribution < 1.29 is 4.79 Å². The molecule has 2 heterocycles. The topological polar surface area (TPSA) is 95.9 Å². The number of nitriles is 1. The number of carbonyl (C=O) groups is 1. The van der Waals surface area contributed by atoms with Gasteiger partial charge in [0.1, 0.15) is 5.82 Å². The van der Waals surface area contributed by atoms with Gasteiger partial charge in [0.05, 0.1) is 27.6 Å². The second-order valence-corrected chi connectivity index (χ2v) is 11.0. The summed E-state index contributed by atoms with van der Waals surface area (Å²) in [5.74, 6) is -0.364.